The van der Waals surface area contributed by atoms with Crippen LogP contribution in [0.25, 0.3) is 0 Å². The normalized spacial score (nSPS) is 18.1. The molecule has 0 unspecified atom stereocenters. The molecule has 0 amide bonds. The zero-order valence-electron chi connectivity index (χ0n) is 23.8. The number of halogens is 6. The van der Waals surface area contributed by atoms with Gasteiger partial charge in [0.15, 0.2) is 0 Å². The van der Waals surface area contributed by atoms with Crippen molar-refractivity contribution < 1.29 is 26.3 Å². The first-order chi connectivity index (χ1) is 20.6. The summed E-state index contributed by atoms with van der Waals surface area (Å²) in [5.41, 5.74) is 0.900. The van der Waals surface area contributed by atoms with Crippen molar-refractivity contribution in [1.82, 2.24) is 4.67 Å². The molecule has 0 radical (unpaired) electrons. The molecule has 5 rings (SSSR count). The maximum absolute atomic E-state index is 13.5. The van der Waals surface area contributed by atoms with Crippen molar-refractivity contribution in [1.29, 1.82) is 0 Å². The first kappa shape index (κ1) is 31.3. The molecule has 4 aromatic rings. The van der Waals surface area contributed by atoms with Crippen LogP contribution in [0.1, 0.15) is 66.7 Å². The second-order valence-electron chi connectivity index (χ2n) is 11.0. The van der Waals surface area contributed by atoms with Gasteiger partial charge < -0.3 is 0 Å². The Labute approximate surface area is 250 Å². The Hall–Kier alpha value is -3.15. The molecule has 8 heteroatoms. The van der Waals surface area contributed by atoms with Gasteiger partial charge in [0.2, 0.25) is 0 Å². The van der Waals surface area contributed by atoms with Crippen molar-refractivity contribution >= 4 is 18.7 Å². The summed E-state index contributed by atoms with van der Waals surface area (Å²) in [4.78, 5) is 0. The van der Waals surface area contributed by atoms with Crippen LogP contribution in [0.15, 0.2) is 109 Å². The summed E-state index contributed by atoms with van der Waals surface area (Å²) in [6.07, 6.45) is -5.36. The number of hydrogen-bond donors (Lipinski definition) is 0. The van der Waals surface area contributed by atoms with E-state index < -0.39 is 31.6 Å². The minimum Gasteiger partial charge on any atom is -0.271 e. The van der Waals surface area contributed by atoms with Crippen molar-refractivity contribution in [2.75, 3.05) is 6.54 Å². The largest absolute Gasteiger partial charge is 0.416 e. The lowest BCUT2D eigenvalue weighted by Crippen LogP contribution is -2.42. The molecule has 0 N–H and O–H groups in total. The van der Waals surface area contributed by atoms with Crippen molar-refractivity contribution in [2.45, 2.75) is 62.8 Å². The van der Waals surface area contributed by atoms with E-state index in [0.717, 1.165) is 49.9 Å². The summed E-state index contributed by atoms with van der Waals surface area (Å²) >= 11 is 0. The number of hydrogen-bond acceptors (Lipinski definition) is 1. The molecule has 1 nitrogen and oxygen atoms in total. The molecule has 1 aliphatic rings. The average Bonchev–Trinajstić information content (AvgIpc) is 3.44. The Kier molecular flexibility index (Phi) is 9.63. The van der Waals surface area contributed by atoms with Gasteiger partial charge >= 0.3 is 12.4 Å². The lowest BCUT2D eigenvalue weighted by Gasteiger charge is -2.42. The van der Waals surface area contributed by atoms with E-state index in [9.17, 15) is 26.3 Å². The molecule has 0 bridgehead atoms. The quantitative estimate of drug-likeness (QED) is 0.134. The Morgan fingerprint density at radius 1 is 0.605 bits per heavy atom. The maximum Gasteiger partial charge on any atom is 0.416 e. The van der Waals surface area contributed by atoms with E-state index in [-0.39, 0.29) is 17.9 Å². The molecule has 0 spiro atoms. The second-order valence-corrected chi connectivity index (χ2v) is 13.2. The van der Waals surface area contributed by atoms with Crippen LogP contribution in [-0.2, 0) is 12.4 Å². The van der Waals surface area contributed by atoms with Crippen LogP contribution >= 0.6 is 8.07 Å². The topological polar surface area (TPSA) is 3.24 Å². The number of benzene rings is 4. The van der Waals surface area contributed by atoms with Crippen molar-refractivity contribution in [3.05, 3.63) is 131 Å². The van der Waals surface area contributed by atoms with Crippen LogP contribution < -0.4 is 10.6 Å². The Morgan fingerprint density at radius 3 is 1.35 bits per heavy atom. The van der Waals surface area contributed by atoms with E-state index in [2.05, 4.69) is 35.9 Å². The fourth-order valence-corrected chi connectivity index (χ4v) is 8.94. The molecular weight excluding hydrogens is 579 g/mol. The van der Waals surface area contributed by atoms with E-state index in [1.807, 2.05) is 36.4 Å². The van der Waals surface area contributed by atoms with Gasteiger partial charge in [-0.05, 0) is 65.3 Å². The molecule has 1 aliphatic carbocycles. The minimum atomic E-state index is -4.49. The summed E-state index contributed by atoms with van der Waals surface area (Å²) < 4.78 is 83.6. The van der Waals surface area contributed by atoms with E-state index in [0.29, 0.717) is 17.2 Å². The molecule has 0 aliphatic heterocycles. The van der Waals surface area contributed by atoms with Crippen LogP contribution in [0.3, 0.4) is 0 Å². The summed E-state index contributed by atoms with van der Waals surface area (Å²) in [5.74, 6) is 0.300. The Morgan fingerprint density at radius 2 is 1.00 bits per heavy atom. The Balaban J connectivity index is 1.68. The maximum atomic E-state index is 13.5. The molecular formula is C35H34F6NP. The number of nitrogens with zero attached hydrogens (tertiary/aromatic N) is 1. The van der Waals surface area contributed by atoms with Gasteiger partial charge in [0.05, 0.1) is 11.1 Å². The lowest BCUT2D eigenvalue weighted by atomic mass is 9.87. The average molecular weight is 614 g/mol. The summed E-state index contributed by atoms with van der Waals surface area (Å²) in [6.45, 7) is 2.76. The number of unbranched alkanes of at least 4 members (excludes halogenated alkanes) is 1. The van der Waals surface area contributed by atoms with Crippen molar-refractivity contribution in [3.8, 4) is 0 Å². The zero-order chi connectivity index (χ0) is 30.6. The van der Waals surface area contributed by atoms with Crippen LogP contribution in [0.5, 0.6) is 0 Å². The van der Waals surface area contributed by atoms with Gasteiger partial charge in [0, 0.05) is 32.5 Å². The summed E-state index contributed by atoms with van der Waals surface area (Å²) in [6, 6.07) is 30.9. The highest BCUT2D eigenvalue weighted by Gasteiger charge is 2.44. The smallest absolute Gasteiger partial charge is 0.271 e. The van der Waals surface area contributed by atoms with Gasteiger partial charge in [-0.3, -0.25) is 4.67 Å². The highest BCUT2D eigenvalue weighted by molar-refractivity contribution is 7.70. The standard InChI is InChI=1S/C35H34F6NP/c1-2-3-24-42(33-31(25-10-6-4-7-11-25)22-23-32(33)26-12-8-5-9-13-26)43(29-18-14-27(15-19-29)34(36,37)38)30-20-16-28(17-21-30)35(39,40)41/h4-21,31-33H,2-3,22-24H2,1H3/t31-,32-/m1/s1. The van der Waals surface area contributed by atoms with Gasteiger partial charge in [0.1, 0.15) is 0 Å². The SMILES string of the molecule is CCCCN(C1[C@@H](c2ccccc2)CC[C@@H]1c1ccccc1)P(c1ccc(C(F)(F)F)cc1)c1ccc(C(F)(F)F)cc1. The van der Waals surface area contributed by atoms with Gasteiger partial charge in [-0.25, -0.2) is 0 Å². The molecule has 226 valence electrons. The van der Waals surface area contributed by atoms with E-state index in [1.165, 1.54) is 35.4 Å². The Bertz CT molecular complexity index is 1330. The second kappa shape index (κ2) is 13.2. The molecule has 43 heavy (non-hydrogen) atoms. The van der Waals surface area contributed by atoms with Crippen molar-refractivity contribution in [3.63, 3.8) is 0 Å². The fourth-order valence-electron chi connectivity index (χ4n) is 6.26. The molecule has 1 saturated carbocycles. The summed E-state index contributed by atoms with van der Waals surface area (Å²) in [7, 11) is -1.47. The monoisotopic (exact) mass is 613 g/mol. The molecule has 4 aromatic carbocycles. The predicted molar refractivity (Wildman–Crippen MR) is 162 cm³/mol. The van der Waals surface area contributed by atoms with Gasteiger partial charge in [-0.2, -0.15) is 26.3 Å². The summed E-state index contributed by atoms with van der Waals surface area (Å²) in [5, 5.41) is 1.37. The van der Waals surface area contributed by atoms with Crippen molar-refractivity contribution in [2.24, 2.45) is 0 Å². The van der Waals surface area contributed by atoms with E-state index >= 15 is 0 Å². The lowest BCUT2D eigenvalue weighted by molar-refractivity contribution is -0.138. The first-order valence-corrected chi connectivity index (χ1v) is 15.9. The number of rotatable bonds is 9. The minimum absolute atomic E-state index is 0.00736. The van der Waals surface area contributed by atoms with Gasteiger partial charge in [0.25, 0.3) is 0 Å². The third-order valence-electron chi connectivity index (χ3n) is 8.29. The van der Waals surface area contributed by atoms with Crippen LogP contribution in [0.4, 0.5) is 26.3 Å². The predicted octanol–water partition coefficient (Wildman–Crippen LogP) is 9.90. The zero-order valence-corrected chi connectivity index (χ0v) is 24.7. The molecule has 2 atom stereocenters. The highest BCUT2D eigenvalue weighted by atomic mass is 31.1. The van der Waals surface area contributed by atoms with Crippen LogP contribution in [-0.4, -0.2) is 17.3 Å². The van der Waals surface area contributed by atoms with Crippen LogP contribution in [0.2, 0.25) is 0 Å². The van der Waals surface area contributed by atoms with E-state index in [1.54, 1.807) is 0 Å². The number of alkyl halides is 6. The third kappa shape index (κ3) is 7.16. The molecule has 0 aromatic heterocycles. The van der Waals surface area contributed by atoms with Gasteiger partial charge in [-0.15, -0.1) is 0 Å². The fraction of sp³-hybridized carbons (Fsp3) is 0.314. The first-order valence-electron chi connectivity index (χ1n) is 14.6. The molecule has 0 heterocycles. The highest BCUT2D eigenvalue weighted by Crippen LogP contribution is 2.53. The molecule has 1 fully saturated rings. The van der Waals surface area contributed by atoms with Gasteiger partial charge in [-0.1, -0.05) is 98.3 Å². The van der Waals surface area contributed by atoms with E-state index in [4.69, 9.17) is 0 Å². The van der Waals surface area contributed by atoms with Crippen LogP contribution in [0, 0.1) is 0 Å². The third-order valence-corrected chi connectivity index (χ3v) is 10.8. The molecule has 0 saturated heterocycles.